The van der Waals surface area contributed by atoms with Crippen molar-refractivity contribution in [3.63, 3.8) is 0 Å². The van der Waals surface area contributed by atoms with Crippen molar-refractivity contribution in [2.75, 3.05) is 7.11 Å². The largest absolute Gasteiger partial charge is 0.504 e. The van der Waals surface area contributed by atoms with Crippen molar-refractivity contribution in [3.05, 3.63) is 41.7 Å². The van der Waals surface area contributed by atoms with Gasteiger partial charge in [0.2, 0.25) is 0 Å². The van der Waals surface area contributed by atoms with Crippen molar-refractivity contribution in [2.24, 2.45) is 0 Å². The van der Waals surface area contributed by atoms with Gasteiger partial charge in [0.15, 0.2) is 0 Å². The predicted octanol–water partition coefficient (Wildman–Crippen LogP) is 2.00. The minimum atomic E-state index is -0.934. The molecule has 0 spiro atoms. The van der Waals surface area contributed by atoms with Crippen molar-refractivity contribution < 1.29 is 14.6 Å². The molecule has 3 heteroatoms. The van der Waals surface area contributed by atoms with E-state index in [1.165, 1.54) is 13.4 Å². The van der Waals surface area contributed by atoms with Gasteiger partial charge < -0.3 is 9.84 Å². The van der Waals surface area contributed by atoms with E-state index in [0.29, 0.717) is 5.56 Å². The molecule has 0 atom stereocenters. The Morgan fingerprint density at radius 2 is 2.15 bits per heavy atom. The summed E-state index contributed by atoms with van der Waals surface area (Å²) in [4.78, 5) is 10.7. The van der Waals surface area contributed by atoms with Crippen molar-refractivity contribution in [3.8, 4) is 0 Å². The second kappa shape index (κ2) is 4.30. The number of carboxylic acid groups (broad SMARTS) is 1. The smallest absolute Gasteiger partial charge is 0.336 e. The van der Waals surface area contributed by atoms with Gasteiger partial charge in [-0.2, -0.15) is 0 Å². The maximum Gasteiger partial charge on any atom is 0.336 e. The van der Waals surface area contributed by atoms with E-state index in [1.54, 1.807) is 30.3 Å². The van der Waals surface area contributed by atoms with Crippen LogP contribution in [0.1, 0.15) is 15.9 Å². The monoisotopic (exact) mass is 178 g/mol. The van der Waals surface area contributed by atoms with E-state index in [0.717, 1.165) is 0 Å². The normalized spacial score (nSPS) is 10.2. The fourth-order valence-corrected chi connectivity index (χ4v) is 0.978. The Hall–Kier alpha value is -1.77. The maximum absolute atomic E-state index is 10.7. The van der Waals surface area contributed by atoms with Crippen LogP contribution < -0.4 is 0 Å². The lowest BCUT2D eigenvalue weighted by Gasteiger charge is -1.98. The number of ether oxygens (including phenoxy) is 1. The highest BCUT2D eigenvalue weighted by Crippen LogP contribution is 2.10. The molecule has 0 fully saturated rings. The Balaban J connectivity index is 3.05. The first-order chi connectivity index (χ1) is 6.25. The zero-order valence-corrected chi connectivity index (χ0v) is 7.23. The van der Waals surface area contributed by atoms with E-state index in [1.807, 2.05) is 0 Å². The fraction of sp³-hybridized carbons (Fsp3) is 0.100. The Morgan fingerprint density at radius 1 is 1.46 bits per heavy atom. The van der Waals surface area contributed by atoms with E-state index < -0.39 is 5.97 Å². The maximum atomic E-state index is 10.7. The van der Waals surface area contributed by atoms with Gasteiger partial charge in [0.1, 0.15) is 0 Å². The average Bonchev–Trinajstić information content (AvgIpc) is 2.15. The summed E-state index contributed by atoms with van der Waals surface area (Å²) in [6, 6.07) is 6.74. The van der Waals surface area contributed by atoms with Crippen LogP contribution in [0.25, 0.3) is 6.08 Å². The van der Waals surface area contributed by atoms with Gasteiger partial charge in [-0.3, -0.25) is 0 Å². The standard InChI is InChI=1S/C10H10O3/c1-13-7-6-8-4-2-3-5-9(8)10(11)12/h2-7H,1H3,(H,11,12)/b7-6-. The van der Waals surface area contributed by atoms with Gasteiger partial charge in [-0.05, 0) is 17.7 Å². The van der Waals surface area contributed by atoms with Gasteiger partial charge in [0, 0.05) is 0 Å². The zero-order chi connectivity index (χ0) is 9.68. The molecule has 3 nitrogen and oxygen atoms in total. The number of aromatic carboxylic acids is 1. The lowest BCUT2D eigenvalue weighted by molar-refractivity contribution is 0.0696. The van der Waals surface area contributed by atoms with Crippen LogP contribution in [-0.4, -0.2) is 18.2 Å². The first kappa shape index (κ1) is 9.32. The Morgan fingerprint density at radius 3 is 2.77 bits per heavy atom. The molecular formula is C10H10O3. The number of benzene rings is 1. The Kier molecular flexibility index (Phi) is 3.09. The first-order valence-electron chi connectivity index (χ1n) is 3.77. The molecule has 1 aromatic carbocycles. The number of carboxylic acids is 1. The van der Waals surface area contributed by atoms with Crippen LogP contribution in [0.5, 0.6) is 0 Å². The summed E-state index contributed by atoms with van der Waals surface area (Å²) >= 11 is 0. The van der Waals surface area contributed by atoms with E-state index in [4.69, 9.17) is 9.84 Å². The minimum absolute atomic E-state index is 0.274. The van der Waals surface area contributed by atoms with E-state index in [2.05, 4.69) is 0 Å². The zero-order valence-electron chi connectivity index (χ0n) is 7.23. The average molecular weight is 178 g/mol. The van der Waals surface area contributed by atoms with Crippen LogP contribution in [0.4, 0.5) is 0 Å². The number of rotatable bonds is 3. The lowest BCUT2D eigenvalue weighted by Crippen LogP contribution is -1.98. The Labute approximate surface area is 76.3 Å². The van der Waals surface area contributed by atoms with Gasteiger partial charge in [-0.15, -0.1) is 0 Å². The van der Waals surface area contributed by atoms with E-state index in [-0.39, 0.29) is 5.56 Å². The SMILES string of the molecule is CO/C=C\c1ccccc1C(=O)O. The second-order valence-corrected chi connectivity index (χ2v) is 2.43. The summed E-state index contributed by atoms with van der Waals surface area (Å²) < 4.78 is 4.71. The number of methoxy groups -OCH3 is 1. The molecule has 68 valence electrons. The topological polar surface area (TPSA) is 46.5 Å². The molecule has 0 amide bonds. The molecule has 0 aromatic heterocycles. The second-order valence-electron chi connectivity index (χ2n) is 2.43. The van der Waals surface area contributed by atoms with Gasteiger partial charge in [0.05, 0.1) is 18.9 Å². The minimum Gasteiger partial charge on any atom is -0.504 e. The van der Waals surface area contributed by atoms with Crippen LogP contribution >= 0.6 is 0 Å². The van der Waals surface area contributed by atoms with Gasteiger partial charge >= 0.3 is 5.97 Å². The van der Waals surface area contributed by atoms with Crippen molar-refractivity contribution in [1.82, 2.24) is 0 Å². The molecule has 0 aliphatic heterocycles. The lowest BCUT2D eigenvalue weighted by atomic mass is 10.1. The van der Waals surface area contributed by atoms with Crippen molar-refractivity contribution >= 4 is 12.0 Å². The summed E-state index contributed by atoms with van der Waals surface area (Å²) in [5.74, 6) is -0.934. The van der Waals surface area contributed by atoms with E-state index >= 15 is 0 Å². The predicted molar refractivity (Wildman–Crippen MR) is 49.4 cm³/mol. The summed E-state index contributed by atoms with van der Waals surface area (Å²) in [5, 5.41) is 8.79. The Bertz CT molecular complexity index is 329. The van der Waals surface area contributed by atoms with Gasteiger partial charge in [-0.25, -0.2) is 4.79 Å². The third-order valence-electron chi connectivity index (χ3n) is 1.57. The number of carbonyl (C=O) groups is 1. The third kappa shape index (κ3) is 2.33. The van der Waals surface area contributed by atoms with Gasteiger partial charge in [-0.1, -0.05) is 18.2 Å². The van der Waals surface area contributed by atoms with Gasteiger partial charge in [0.25, 0.3) is 0 Å². The molecule has 0 unspecified atom stereocenters. The van der Waals surface area contributed by atoms with Crippen LogP contribution in [0, 0.1) is 0 Å². The fourth-order valence-electron chi connectivity index (χ4n) is 0.978. The summed E-state index contributed by atoms with van der Waals surface area (Å²) in [6.07, 6.45) is 3.06. The van der Waals surface area contributed by atoms with Crippen LogP contribution in [0.2, 0.25) is 0 Å². The van der Waals surface area contributed by atoms with Crippen molar-refractivity contribution in [2.45, 2.75) is 0 Å². The third-order valence-corrected chi connectivity index (χ3v) is 1.57. The van der Waals surface area contributed by atoms with Crippen LogP contribution in [0.15, 0.2) is 30.5 Å². The summed E-state index contributed by atoms with van der Waals surface area (Å²) in [6.45, 7) is 0. The molecule has 13 heavy (non-hydrogen) atoms. The summed E-state index contributed by atoms with van der Waals surface area (Å²) in [7, 11) is 1.51. The molecule has 0 aliphatic carbocycles. The molecule has 1 rings (SSSR count). The number of hydrogen-bond acceptors (Lipinski definition) is 2. The highest BCUT2D eigenvalue weighted by molar-refractivity contribution is 5.91. The highest BCUT2D eigenvalue weighted by atomic mass is 16.5. The van der Waals surface area contributed by atoms with E-state index in [9.17, 15) is 4.79 Å². The molecule has 0 aliphatic rings. The molecule has 0 saturated heterocycles. The molecule has 1 aromatic rings. The highest BCUT2D eigenvalue weighted by Gasteiger charge is 2.05. The molecule has 1 N–H and O–H groups in total. The molecule has 0 radical (unpaired) electrons. The molecule has 0 heterocycles. The van der Waals surface area contributed by atoms with Crippen LogP contribution in [0.3, 0.4) is 0 Å². The summed E-state index contributed by atoms with van der Waals surface area (Å²) in [5.41, 5.74) is 0.910. The molecule has 0 bridgehead atoms. The molecular weight excluding hydrogens is 168 g/mol. The van der Waals surface area contributed by atoms with Crippen molar-refractivity contribution in [1.29, 1.82) is 0 Å². The number of hydrogen-bond donors (Lipinski definition) is 1. The first-order valence-corrected chi connectivity index (χ1v) is 3.77. The van der Waals surface area contributed by atoms with Crippen LogP contribution in [-0.2, 0) is 4.74 Å². The molecule has 0 saturated carbocycles. The quantitative estimate of drug-likeness (QED) is 0.720.